The molecular weight excluding hydrogens is 194 g/mol. The lowest BCUT2D eigenvalue weighted by atomic mass is 9.97. The van der Waals surface area contributed by atoms with Crippen molar-refractivity contribution in [2.45, 2.75) is 38.6 Å². The standard InChI is InChI=1S/C7H15NO4S/c1-3-4-5-7(2,6(9)10)8-13(11)12/h13H,3-5H2,1-2H3,(H,9,10)(H,8,11,12). The van der Waals surface area contributed by atoms with Gasteiger partial charge < -0.3 is 5.11 Å². The lowest BCUT2D eigenvalue weighted by Gasteiger charge is -2.22. The Balaban J connectivity index is 4.42. The first-order chi connectivity index (χ1) is 5.92. The molecule has 0 amide bonds. The lowest BCUT2D eigenvalue weighted by Crippen LogP contribution is -2.48. The molecule has 0 saturated carbocycles. The molecule has 13 heavy (non-hydrogen) atoms. The number of carboxylic acid groups (broad SMARTS) is 1. The first-order valence-corrected chi connectivity index (χ1v) is 5.25. The second-order valence-electron chi connectivity index (χ2n) is 3.11. The third-order valence-electron chi connectivity index (χ3n) is 1.84. The second kappa shape index (κ2) is 5.18. The molecule has 0 aliphatic rings. The average molecular weight is 209 g/mol. The van der Waals surface area contributed by atoms with E-state index in [1.165, 1.54) is 6.92 Å². The van der Waals surface area contributed by atoms with Gasteiger partial charge in [0.25, 0.3) is 0 Å². The molecule has 0 aromatic carbocycles. The zero-order valence-electron chi connectivity index (χ0n) is 7.74. The van der Waals surface area contributed by atoms with Crippen molar-refractivity contribution in [1.82, 2.24) is 4.72 Å². The zero-order chi connectivity index (χ0) is 10.5. The van der Waals surface area contributed by atoms with Crippen LogP contribution < -0.4 is 4.72 Å². The summed E-state index contributed by atoms with van der Waals surface area (Å²) in [5.41, 5.74) is -1.36. The first kappa shape index (κ1) is 12.4. The summed E-state index contributed by atoms with van der Waals surface area (Å²) in [6.45, 7) is 3.29. The molecule has 0 aromatic rings. The van der Waals surface area contributed by atoms with Crippen molar-refractivity contribution < 1.29 is 18.3 Å². The van der Waals surface area contributed by atoms with Gasteiger partial charge in [0.1, 0.15) is 5.54 Å². The Morgan fingerprint density at radius 1 is 1.54 bits per heavy atom. The summed E-state index contributed by atoms with van der Waals surface area (Å²) in [5, 5.41) is 8.78. The average Bonchev–Trinajstić information content (AvgIpc) is 1.99. The van der Waals surface area contributed by atoms with Crippen molar-refractivity contribution in [3.8, 4) is 0 Å². The number of nitrogens with one attached hydrogen (secondary N) is 1. The molecule has 0 aliphatic heterocycles. The number of carboxylic acids is 1. The molecule has 0 aliphatic carbocycles. The molecule has 5 nitrogen and oxygen atoms in total. The van der Waals surface area contributed by atoms with Gasteiger partial charge in [-0.05, 0) is 13.3 Å². The Morgan fingerprint density at radius 2 is 2.08 bits per heavy atom. The SMILES string of the molecule is CCCCC(C)(N[SH](=O)=O)C(=O)O. The predicted molar refractivity (Wildman–Crippen MR) is 49.0 cm³/mol. The third-order valence-corrected chi connectivity index (χ3v) is 2.52. The fourth-order valence-corrected chi connectivity index (χ4v) is 1.55. The molecule has 0 radical (unpaired) electrons. The number of carbonyl (C=O) groups is 1. The summed E-state index contributed by atoms with van der Waals surface area (Å²) in [6.07, 6.45) is 1.82. The van der Waals surface area contributed by atoms with Crippen LogP contribution in [0.3, 0.4) is 0 Å². The molecule has 6 heteroatoms. The number of thiol groups is 1. The van der Waals surface area contributed by atoms with Crippen molar-refractivity contribution in [3.05, 3.63) is 0 Å². The Bertz CT molecular complexity index is 243. The van der Waals surface area contributed by atoms with E-state index < -0.39 is 22.4 Å². The minimum absolute atomic E-state index is 0.308. The fourth-order valence-electron chi connectivity index (χ4n) is 0.942. The minimum Gasteiger partial charge on any atom is -0.480 e. The molecule has 0 spiro atoms. The van der Waals surface area contributed by atoms with Gasteiger partial charge in [-0.3, -0.25) is 4.79 Å². The van der Waals surface area contributed by atoms with Gasteiger partial charge in [-0.2, -0.15) is 0 Å². The van der Waals surface area contributed by atoms with Crippen molar-refractivity contribution in [1.29, 1.82) is 0 Å². The van der Waals surface area contributed by atoms with Crippen LogP contribution in [0.15, 0.2) is 0 Å². The molecular formula is C7H15NO4S. The van der Waals surface area contributed by atoms with E-state index in [0.29, 0.717) is 12.8 Å². The zero-order valence-corrected chi connectivity index (χ0v) is 8.63. The van der Waals surface area contributed by atoms with Crippen LogP contribution in [0.4, 0.5) is 0 Å². The fraction of sp³-hybridized carbons (Fsp3) is 0.857. The van der Waals surface area contributed by atoms with Crippen molar-refractivity contribution in [2.24, 2.45) is 0 Å². The van der Waals surface area contributed by atoms with Crippen molar-refractivity contribution >= 4 is 16.9 Å². The van der Waals surface area contributed by atoms with Crippen LogP contribution in [-0.4, -0.2) is 25.0 Å². The Morgan fingerprint density at radius 3 is 2.38 bits per heavy atom. The quantitative estimate of drug-likeness (QED) is 0.543. The summed E-state index contributed by atoms with van der Waals surface area (Å²) < 4.78 is 22.7. The lowest BCUT2D eigenvalue weighted by molar-refractivity contribution is -0.143. The highest BCUT2D eigenvalue weighted by Crippen LogP contribution is 2.13. The molecule has 78 valence electrons. The third kappa shape index (κ3) is 4.23. The number of rotatable bonds is 6. The molecule has 0 saturated heterocycles. The van der Waals surface area contributed by atoms with Crippen LogP contribution in [0.2, 0.25) is 0 Å². The summed E-state index contributed by atoms with van der Waals surface area (Å²) in [5.74, 6) is -1.14. The molecule has 0 aromatic heterocycles. The first-order valence-electron chi connectivity index (χ1n) is 4.08. The van der Waals surface area contributed by atoms with Crippen LogP contribution in [0.1, 0.15) is 33.1 Å². The Kier molecular flexibility index (Phi) is 4.94. The number of hydrogen-bond donors (Lipinski definition) is 3. The topological polar surface area (TPSA) is 83.5 Å². The van der Waals surface area contributed by atoms with Crippen LogP contribution in [0, 0.1) is 0 Å². The van der Waals surface area contributed by atoms with Gasteiger partial charge in [-0.15, -0.1) is 0 Å². The van der Waals surface area contributed by atoms with Crippen LogP contribution in [-0.2, 0) is 15.7 Å². The normalized spacial score (nSPS) is 15.6. The van der Waals surface area contributed by atoms with Gasteiger partial charge in [0.05, 0.1) is 0 Å². The van der Waals surface area contributed by atoms with Crippen LogP contribution in [0.25, 0.3) is 0 Å². The Hall–Kier alpha value is -0.620. The molecule has 1 unspecified atom stereocenters. The summed E-state index contributed by atoms with van der Waals surface area (Å²) in [7, 11) is -2.87. The summed E-state index contributed by atoms with van der Waals surface area (Å²) >= 11 is 0. The van der Waals surface area contributed by atoms with E-state index in [2.05, 4.69) is 0 Å². The molecule has 0 heterocycles. The number of hydrogen-bond acceptors (Lipinski definition) is 3. The van der Waals surface area contributed by atoms with Gasteiger partial charge in [-0.25, -0.2) is 13.1 Å². The van der Waals surface area contributed by atoms with E-state index in [1.54, 1.807) is 0 Å². The Labute approximate surface area is 79.2 Å². The van der Waals surface area contributed by atoms with E-state index in [0.717, 1.165) is 6.42 Å². The molecule has 0 bridgehead atoms. The molecule has 0 fully saturated rings. The van der Waals surface area contributed by atoms with E-state index in [1.807, 2.05) is 11.6 Å². The van der Waals surface area contributed by atoms with E-state index in [9.17, 15) is 13.2 Å². The van der Waals surface area contributed by atoms with Gasteiger partial charge in [0.15, 0.2) is 0 Å². The van der Waals surface area contributed by atoms with E-state index >= 15 is 0 Å². The smallest absolute Gasteiger partial charge is 0.324 e. The highest BCUT2D eigenvalue weighted by molar-refractivity contribution is 7.70. The maximum atomic E-state index is 10.7. The van der Waals surface area contributed by atoms with E-state index in [-0.39, 0.29) is 0 Å². The highest BCUT2D eigenvalue weighted by atomic mass is 32.2. The van der Waals surface area contributed by atoms with E-state index in [4.69, 9.17) is 5.11 Å². The monoisotopic (exact) mass is 209 g/mol. The maximum Gasteiger partial charge on any atom is 0.324 e. The maximum absolute atomic E-state index is 10.7. The highest BCUT2D eigenvalue weighted by Gasteiger charge is 2.32. The summed E-state index contributed by atoms with van der Waals surface area (Å²) in [4.78, 5) is 10.7. The van der Waals surface area contributed by atoms with Gasteiger partial charge in [0, 0.05) is 0 Å². The van der Waals surface area contributed by atoms with Crippen molar-refractivity contribution in [2.75, 3.05) is 0 Å². The molecule has 0 rings (SSSR count). The van der Waals surface area contributed by atoms with Gasteiger partial charge in [0.2, 0.25) is 10.9 Å². The van der Waals surface area contributed by atoms with Crippen LogP contribution in [0.5, 0.6) is 0 Å². The molecule has 2 N–H and O–H groups in total. The van der Waals surface area contributed by atoms with Gasteiger partial charge >= 0.3 is 5.97 Å². The number of aliphatic carboxylic acids is 1. The summed E-state index contributed by atoms with van der Waals surface area (Å²) in [6, 6.07) is 0. The van der Waals surface area contributed by atoms with Gasteiger partial charge in [-0.1, -0.05) is 19.8 Å². The number of unbranched alkanes of at least 4 members (excludes halogenated alkanes) is 1. The largest absolute Gasteiger partial charge is 0.480 e. The molecule has 1 atom stereocenters. The van der Waals surface area contributed by atoms with Crippen molar-refractivity contribution in [3.63, 3.8) is 0 Å². The minimum atomic E-state index is -2.87. The van der Waals surface area contributed by atoms with Crippen LogP contribution >= 0.6 is 0 Å². The predicted octanol–water partition coefficient (Wildman–Crippen LogP) is 0.136. The second-order valence-corrected chi connectivity index (χ2v) is 3.85.